The Morgan fingerprint density at radius 3 is 2.53 bits per heavy atom. The molecule has 4 heteroatoms. The van der Waals surface area contributed by atoms with E-state index in [1.807, 2.05) is 24.3 Å². The zero-order chi connectivity index (χ0) is 13.8. The summed E-state index contributed by atoms with van der Waals surface area (Å²) in [7, 11) is 0. The fourth-order valence-electron chi connectivity index (χ4n) is 1.94. The predicted octanol–water partition coefficient (Wildman–Crippen LogP) is 1.77. The molecule has 0 fully saturated rings. The molecular weight excluding hydrogens is 244 g/mol. The van der Waals surface area contributed by atoms with Gasteiger partial charge in [-0.05, 0) is 24.4 Å². The van der Waals surface area contributed by atoms with Gasteiger partial charge in [0.15, 0.2) is 5.78 Å². The lowest BCUT2D eigenvalue weighted by molar-refractivity contribution is 0.0541. The van der Waals surface area contributed by atoms with Crippen molar-refractivity contribution < 1.29 is 19.7 Å². The van der Waals surface area contributed by atoms with Gasteiger partial charge in [-0.3, -0.25) is 4.79 Å². The molecule has 2 rings (SSSR count). The fraction of sp³-hybridized carbons (Fsp3) is 0.267. The summed E-state index contributed by atoms with van der Waals surface area (Å²) in [6.45, 7) is 1.20. The third kappa shape index (κ3) is 2.92. The molecule has 0 spiro atoms. The number of aliphatic hydroxyl groups excluding tert-OH is 2. The van der Waals surface area contributed by atoms with E-state index in [0.717, 1.165) is 10.8 Å². The molecule has 0 aliphatic rings. The van der Waals surface area contributed by atoms with Crippen LogP contribution in [0, 0.1) is 0 Å². The molecule has 19 heavy (non-hydrogen) atoms. The Balaban J connectivity index is 2.41. The molecule has 0 radical (unpaired) electrons. The minimum Gasteiger partial charge on any atom is -0.490 e. The number of rotatable bonds is 5. The number of fused-ring (bicyclic) bond motifs is 1. The van der Waals surface area contributed by atoms with Gasteiger partial charge in [0.25, 0.3) is 0 Å². The first-order valence-electron chi connectivity index (χ1n) is 6.08. The van der Waals surface area contributed by atoms with Gasteiger partial charge in [0.1, 0.15) is 18.5 Å². The standard InChI is InChI=1S/C15H16O4/c1-10(17)12-6-7-15(19-9-11(18)8-16)14-5-3-2-4-13(12)14/h2-7,11,16,18H,8-9H2,1H3. The highest BCUT2D eigenvalue weighted by molar-refractivity contribution is 6.08. The Kier molecular flexibility index (Phi) is 4.14. The maximum absolute atomic E-state index is 11.6. The zero-order valence-corrected chi connectivity index (χ0v) is 10.7. The van der Waals surface area contributed by atoms with E-state index in [-0.39, 0.29) is 19.0 Å². The SMILES string of the molecule is CC(=O)c1ccc(OCC(O)CO)c2ccccc12. The van der Waals surface area contributed by atoms with Crippen molar-refractivity contribution in [3.8, 4) is 5.75 Å². The van der Waals surface area contributed by atoms with Crippen LogP contribution in [-0.2, 0) is 0 Å². The van der Waals surface area contributed by atoms with Crippen LogP contribution in [0.1, 0.15) is 17.3 Å². The van der Waals surface area contributed by atoms with Crippen LogP contribution in [0.4, 0.5) is 0 Å². The van der Waals surface area contributed by atoms with Crippen molar-refractivity contribution in [2.24, 2.45) is 0 Å². The van der Waals surface area contributed by atoms with E-state index in [9.17, 15) is 9.90 Å². The van der Waals surface area contributed by atoms with Gasteiger partial charge < -0.3 is 14.9 Å². The number of Topliss-reactive ketones (excluding diaryl/α,β-unsaturated/α-hetero) is 1. The van der Waals surface area contributed by atoms with Crippen LogP contribution in [0.5, 0.6) is 5.75 Å². The highest BCUT2D eigenvalue weighted by Crippen LogP contribution is 2.28. The Morgan fingerprint density at radius 1 is 1.21 bits per heavy atom. The number of carbonyl (C=O) groups excluding carboxylic acids is 1. The lowest BCUT2D eigenvalue weighted by atomic mass is 10.0. The van der Waals surface area contributed by atoms with E-state index in [1.54, 1.807) is 12.1 Å². The second-order valence-corrected chi connectivity index (χ2v) is 4.36. The molecule has 2 N–H and O–H groups in total. The Labute approximate surface area is 111 Å². The van der Waals surface area contributed by atoms with Gasteiger partial charge in [0.2, 0.25) is 0 Å². The second kappa shape index (κ2) is 5.82. The first kappa shape index (κ1) is 13.5. The molecule has 0 amide bonds. The van der Waals surface area contributed by atoms with Crippen molar-refractivity contribution >= 4 is 16.6 Å². The normalized spacial score (nSPS) is 12.4. The van der Waals surface area contributed by atoms with Crippen molar-refractivity contribution in [3.05, 3.63) is 42.0 Å². The van der Waals surface area contributed by atoms with Crippen LogP contribution < -0.4 is 4.74 Å². The number of aliphatic hydroxyl groups is 2. The Bertz CT molecular complexity index is 592. The van der Waals surface area contributed by atoms with Crippen molar-refractivity contribution in [2.45, 2.75) is 13.0 Å². The lowest BCUT2D eigenvalue weighted by Gasteiger charge is -2.13. The largest absolute Gasteiger partial charge is 0.490 e. The summed E-state index contributed by atoms with van der Waals surface area (Å²) in [6.07, 6.45) is -0.911. The molecule has 0 saturated carbocycles. The second-order valence-electron chi connectivity index (χ2n) is 4.36. The Morgan fingerprint density at radius 2 is 1.89 bits per heavy atom. The third-order valence-electron chi connectivity index (χ3n) is 2.91. The first-order chi connectivity index (χ1) is 9.13. The van der Waals surface area contributed by atoms with E-state index in [1.165, 1.54) is 6.92 Å². The van der Waals surface area contributed by atoms with Crippen LogP contribution in [0.25, 0.3) is 10.8 Å². The number of ether oxygens (including phenoxy) is 1. The van der Waals surface area contributed by atoms with Gasteiger partial charge in [-0.25, -0.2) is 0 Å². The molecule has 1 unspecified atom stereocenters. The Hall–Kier alpha value is -1.91. The predicted molar refractivity (Wildman–Crippen MR) is 72.5 cm³/mol. The quantitative estimate of drug-likeness (QED) is 0.804. The summed E-state index contributed by atoms with van der Waals surface area (Å²) in [5.41, 5.74) is 0.644. The minimum atomic E-state index is -0.911. The van der Waals surface area contributed by atoms with Crippen LogP contribution >= 0.6 is 0 Å². The van der Waals surface area contributed by atoms with Crippen LogP contribution in [0.3, 0.4) is 0 Å². The molecule has 0 aliphatic heterocycles. The first-order valence-corrected chi connectivity index (χ1v) is 6.08. The summed E-state index contributed by atoms with van der Waals surface area (Å²) >= 11 is 0. The number of benzene rings is 2. The van der Waals surface area contributed by atoms with Crippen molar-refractivity contribution in [3.63, 3.8) is 0 Å². The molecule has 100 valence electrons. The summed E-state index contributed by atoms with van der Waals surface area (Å²) in [4.78, 5) is 11.6. The van der Waals surface area contributed by atoms with Gasteiger partial charge in [-0.1, -0.05) is 24.3 Å². The molecule has 2 aromatic carbocycles. The van der Waals surface area contributed by atoms with Gasteiger partial charge in [-0.15, -0.1) is 0 Å². The highest BCUT2D eigenvalue weighted by atomic mass is 16.5. The summed E-state index contributed by atoms with van der Waals surface area (Å²) in [5.74, 6) is 0.589. The fourth-order valence-corrected chi connectivity index (χ4v) is 1.94. The van der Waals surface area contributed by atoms with Crippen molar-refractivity contribution in [1.29, 1.82) is 0 Å². The number of ketones is 1. The molecule has 0 aromatic heterocycles. The van der Waals surface area contributed by atoms with Crippen LogP contribution in [0.2, 0.25) is 0 Å². The topological polar surface area (TPSA) is 66.8 Å². The molecule has 2 aromatic rings. The van der Waals surface area contributed by atoms with Gasteiger partial charge in [0, 0.05) is 10.9 Å². The molecular formula is C15H16O4. The average Bonchev–Trinajstić information content (AvgIpc) is 2.43. The molecule has 4 nitrogen and oxygen atoms in total. The van der Waals surface area contributed by atoms with Gasteiger partial charge in [0.05, 0.1) is 6.61 Å². The minimum absolute atomic E-state index is 0.00172. The maximum Gasteiger partial charge on any atom is 0.160 e. The molecule has 1 atom stereocenters. The lowest BCUT2D eigenvalue weighted by Crippen LogP contribution is -2.21. The number of hydrogen-bond acceptors (Lipinski definition) is 4. The summed E-state index contributed by atoms with van der Waals surface area (Å²) in [6, 6.07) is 10.9. The summed E-state index contributed by atoms with van der Waals surface area (Å²) in [5, 5.41) is 19.7. The molecule has 0 bridgehead atoms. The molecule has 0 saturated heterocycles. The average molecular weight is 260 g/mol. The van der Waals surface area contributed by atoms with E-state index in [0.29, 0.717) is 11.3 Å². The van der Waals surface area contributed by atoms with Crippen molar-refractivity contribution in [2.75, 3.05) is 13.2 Å². The van der Waals surface area contributed by atoms with Gasteiger partial charge in [-0.2, -0.15) is 0 Å². The number of hydrogen-bond donors (Lipinski definition) is 2. The molecule has 0 heterocycles. The maximum atomic E-state index is 11.6. The van der Waals surface area contributed by atoms with Crippen LogP contribution in [0.15, 0.2) is 36.4 Å². The smallest absolute Gasteiger partial charge is 0.160 e. The van der Waals surface area contributed by atoms with E-state index in [2.05, 4.69) is 0 Å². The highest BCUT2D eigenvalue weighted by Gasteiger charge is 2.10. The number of carbonyl (C=O) groups is 1. The summed E-state index contributed by atoms with van der Waals surface area (Å²) < 4.78 is 5.49. The van der Waals surface area contributed by atoms with Crippen molar-refractivity contribution in [1.82, 2.24) is 0 Å². The monoisotopic (exact) mass is 260 g/mol. The van der Waals surface area contributed by atoms with Gasteiger partial charge >= 0.3 is 0 Å². The third-order valence-corrected chi connectivity index (χ3v) is 2.91. The van der Waals surface area contributed by atoms with E-state index < -0.39 is 6.10 Å². The molecule has 0 aliphatic carbocycles. The zero-order valence-electron chi connectivity index (χ0n) is 10.7. The van der Waals surface area contributed by atoms with E-state index in [4.69, 9.17) is 9.84 Å². The van der Waals surface area contributed by atoms with E-state index >= 15 is 0 Å². The van der Waals surface area contributed by atoms with Crippen LogP contribution in [-0.4, -0.2) is 35.3 Å².